The SMILES string of the molecule is COc1ccc2c(CN3CCN(c4ncnc5sccc45)CC3)cc(=O)oc2c1. The van der Waals surface area contributed by atoms with Crippen LogP contribution in [0.15, 0.2) is 51.3 Å². The quantitative estimate of drug-likeness (QED) is 0.481. The third-order valence-corrected chi connectivity index (χ3v) is 6.16. The van der Waals surface area contributed by atoms with Crippen LogP contribution in [-0.4, -0.2) is 48.2 Å². The molecule has 0 radical (unpaired) electrons. The molecule has 1 aliphatic heterocycles. The molecule has 0 aliphatic carbocycles. The molecule has 4 aromatic rings. The number of aromatic nitrogens is 2. The summed E-state index contributed by atoms with van der Waals surface area (Å²) >= 11 is 1.64. The summed E-state index contributed by atoms with van der Waals surface area (Å²) in [5.41, 5.74) is 1.21. The standard InChI is InChI=1S/C21H20N4O3S/c1-27-15-2-3-16-14(10-19(26)28-18(16)11-15)12-24-5-7-25(8-6-24)20-17-4-9-29-21(17)23-13-22-20/h2-4,9-11,13H,5-8,12H2,1H3. The van der Waals surface area contributed by atoms with Crippen molar-refractivity contribution in [1.82, 2.24) is 14.9 Å². The first-order valence-corrected chi connectivity index (χ1v) is 10.4. The van der Waals surface area contributed by atoms with E-state index in [-0.39, 0.29) is 5.63 Å². The van der Waals surface area contributed by atoms with Gasteiger partial charge in [-0.15, -0.1) is 11.3 Å². The van der Waals surface area contributed by atoms with Crippen LogP contribution in [0.1, 0.15) is 5.56 Å². The van der Waals surface area contributed by atoms with Gasteiger partial charge in [-0.1, -0.05) is 0 Å². The Morgan fingerprint density at radius 2 is 1.97 bits per heavy atom. The van der Waals surface area contributed by atoms with Crippen LogP contribution in [0.4, 0.5) is 5.82 Å². The Balaban J connectivity index is 1.34. The summed E-state index contributed by atoms with van der Waals surface area (Å²) in [5, 5.41) is 4.12. The third kappa shape index (κ3) is 3.45. The minimum Gasteiger partial charge on any atom is -0.497 e. The molecular formula is C21H20N4O3S. The number of benzene rings is 1. The van der Waals surface area contributed by atoms with Crippen molar-refractivity contribution in [3.63, 3.8) is 0 Å². The van der Waals surface area contributed by atoms with E-state index in [4.69, 9.17) is 9.15 Å². The highest BCUT2D eigenvalue weighted by molar-refractivity contribution is 7.16. The molecule has 0 spiro atoms. The van der Waals surface area contributed by atoms with Crippen molar-refractivity contribution in [3.8, 4) is 5.75 Å². The normalized spacial score (nSPS) is 15.3. The van der Waals surface area contributed by atoms with Crippen molar-refractivity contribution in [2.75, 3.05) is 38.2 Å². The van der Waals surface area contributed by atoms with Crippen LogP contribution in [0.5, 0.6) is 5.75 Å². The monoisotopic (exact) mass is 408 g/mol. The van der Waals surface area contributed by atoms with Gasteiger partial charge in [-0.3, -0.25) is 4.90 Å². The fourth-order valence-corrected chi connectivity index (χ4v) is 4.58. The van der Waals surface area contributed by atoms with Gasteiger partial charge in [0.15, 0.2) is 0 Å². The maximum Gasteiger partial charge on any atom is 0.336 e. The first-order chi connectivity index (χ1) is 14.2. The number of ether oxygens (including phenoxy) is 1. The first kappa shape index (κ1) is 18.1. The largest absolute Gasteiger partial charge is 0.497 e. The lowest BCUT2D eigenvalue weighted by atomic mass is 10.1. The predicted molar refractivity (Wildman–Crippen MR) is 114 cm³/mol. The van der Waals surface area contributed by atoms with E-state index < -0.39 is 0 Å². The van der Waals surface area contributed by atoms with Crippen molar-refractivity contribution in [3.05, 3.63) is 58.0 Å². The Bertz CT molecular complexity index is 1230. The summed E-state index contributed by atoms with van der Waals surface area (Å²) < 4.78 is 10.6. The fourth-order valence-electron chi connectivity index (χ4n) is 3.86. The number of thiophene rings is 1. The van der Waals surface area contributed by atoms with Crippen LogP contribution < -0.4 is 15.3 Å². The van der Waals surface area contributed by atoms with E-state index in [1.165, 1.54) is 0 Å². The van der Waals surface area contributed by atoms with Crippen molar-refractivity contribution in [1.29, 1.82) is 0 Å². The highest BCUT2D eigenvalue weighted by Gasteiger charge is 2.21. The Labute approximate surface area is 171 Å². The maximum atomic E-state index is 12.0. The smallest absolute Gasteiger partial charge is 0.336 e. The molecular weight excluding hydrogens is 388 g/mol. The zero-order chi connectivity index (χ0) is 19.8. The van der Waals surface area contributed by atoms with Crippen LogP contribution >= 0.6 is 11.3 Å². The van der Waals surface area contributed by atoms with E-state index in [2.05, 4.69) is 31.2 Å². The zero-order valence-corrected chi connectivity index (χ0v) is 16.8. The van der Waals surface area contributed by atoms with E-state index in [1.807, 2.05) is 12.1 Å². The van der Waals surface area contributed by atoms with Gasteiger partial charge >= 0.3 is 5.63 Å². The third-order valence-electron chi connectivity index (χ3n) is 5.34. The number of nitrogens with zero attached hydrogens (tertiary/aromatic N) is 4. The van der Waals surface area contributed by atoms with Gasteiger partial charge in [0, 0.05) is 50.2 Å². The summed E-state index contributed by atoms with van der Waals surface area (Å²) in [6, 6.07) is 9.30. The van der Waals surface area contributed by atoms with Crippen LogP contribution in [0.3, 0.4) is 0 Å². The van der Waals surface area contributed by atoms with Gasteiger partial charge < -0.3 is 14.1 Å². The van der Waals surface area contributed by atoms with Gasteiger partial charge in [-0.2, -0.15) is 0 Å². The fraction of sp³-hybridized carbons (Fsp3) is 0.286. The van der Waals surface area contributed by atoms with E-state index in [9.17, 15) is 4.79 Å². The molecule has 1 fully saturated rings. The molecule has 148 valence electrons. The summed E-state index contributed by atoms with van der Waals surface area (Å²) in [7, 11) is 1.60. The molecule has 0 N–H and O–H groups in total. The molecule has 0 unspecified atom stereocenters. The minimum atomic E-state index is -0.333. The lowest BCUT2D eigenvalue weighted by Crippen LogP contribution is -2.46. The summed E-state index contributed by atoms with van der Waals surface area (Å²) in [6.07, 6.45) is 1.64. The lowest BCUT2D eigenvalue weighted by molar-refractivity contribution is 0.250. The number of methoxy groups -OCH3 is 1. The predicted octanol–water partition coefficient (Wildman–Crippen LogP) is 3.13. The second-order valence-electron chi connectivity index (χ2n) is 7.05. The van der Waals surface area contributed by atoms with Crippen LogP contribution in [0.2, 0.25) is 0 Å². The molecule has 1 saturated heterocycles. The van der Waals surface area contributed by atoms with Crippen LogP contribution in [0.25, 0.3) is 21.2 Å². The number of anilines is 1. The molecule has 0 saturated carbocycles. The van der Waals surface area contributed by atoms with Crippen molar-refractivity contribution < 1.29 is 9.15 Å². The second kappa shape index (κ2) is 7.46. The van der Waals surface area contributed by atoms with Crippen LogP contribution in [-0.2, 0) is 6.54 Å². The molecule has 0 amide bonds. The number of hydrogen-bond donors (Lipinski definition) is 0. The lowest BCUT2D eigenvalue weighted by Gasteiger charge is -2.35. The Hall–Kier alpha value is -2.97. The van der Waals surface area contributed by atoms with Crippen molar-refractivity contribution in [2.24, 2.45) is 0 Å². The van der Waals surface area contributed by atoms with Gasteiger partial charge in [0.05, 0.1) is 12.5 Å². The summed E-state index contributed by atoms with van der Waals surface area (Å²) in [5.74, 6) is 1.69. The molecule has 3 aromatic heterocycles. The number of rotatable bonds is 4. The minimum absolute atomic E-state index is 0.333. The number of fused-ring (bicyclic) bond motifs is 2. The summed E-state index contributed by atoms with van der Waals surface area (Å²) in [6.45, 7) is 4.27. The van der Waals surface area contributed by atoms with E-state index >= 15 is 0 Å². The average Bonchev–Trinajstić information content (AvgIpc) is 3.23. The number of hydrogen-bond acceptors (Lipinski definition) is 8. The molecule has 1 aliphatic rings. The molecule has 5 rings (SSSR count). The van der Waals surface area contributed by atoms with Gasteiger partial charge in [-0.05, 0) is 29.1 Å². The number of piperazine rings is 1. The topological polar surface area (TPSA) is 71.7 Å². The van der Waals surface area contributed by atoms with E-state index in [0.717, 1.165) is 53.2 Å². The second-order valence-corrected chi connectivity index (χ2v) is 7.95. The molecule has 1 aromatic carbocycles. The average molecular weight is 408 g/mol. The summed E-state index contributed by atoms with van der Waals surface area (Å²) in [4.78, 5) is 26.6. The Morgan fingerprint density at radius 3 is 2.79 bits per heavy atom. The van der Waals surface area contributed by atoms with Gasteiger partial charge in [0.25, 0.3) is 0 Å². The maximum absolute atomic E-state index is 12.0. The Kier molecular flexibility index (Phi) is 4.65. The zero-order valence-electron chi connectivity index (χ0n) is 16.0. The van der Waals surface area contributed by atoms with Crippen molar-refractivity contribution in [2.45, 2.75) is 6.54 Å². The van der Waals surface area contributed by atoms with Crippen molar-refractivity contribution >= 4 is 38.3 Å². The molecule has 8 heteroatoms. The molecule has 7 nitrogen and oxygen atoms in total. The molecule has 4 heterocycles. The van der Waals surface area contributed by atoms with E-state index in [0.29, 0.717) is 17.9 Å². The van der Waals surface area contributed by atoms with Gasteiger partial charge in [0.2, 0.25) is 0 Å². The Morgan fingerprint density at radius 1 is 1.10 bits per heavy atom. The highest BCUT2D eigenvalue weighted by Crippen LogP contribution is 2.28. The molecule has 0 bridgehead atoms. The highest BCUT2D eigenvalue weighted by atomic mass is 32.1. The van der Waals surface area contributed by atoms with Gasteiger partial charge in [-0.25, -0.2) is 14.8 Å². The van der Waals surface area contributed by atoms with E-state index in [1.54, 1.807) is 36.9 Å². The molecule has 29 heavy (non-hydrogen) atoms. The van der Waals surface area contributed by atoms with Gasteiger partial charge in [0.1, 0.15) is 28.3 Å². The van der Waals surface area contributed by atoms with Crippen LogP contribution in [0, 0.1) is 0 Å². The first-order valence-electron chi connectivity index (χ1n) is 9.47. The molecule has 0 atom stereocenters.